The third kappa shape index (κ3) is 5.28. The summed E-state index contributed by atoms with van der Waals surface area (Å²) in [5.74, 6) is 0.646. The van der Waals surface area contributed by atoms with Crippen molar-refractivity contribution in [3.8, 4) is 0 Å². The largest absolute Gasteiger partial charge is 0.383 e. The number of methoxy groups -OCH3 is 1. The molecule has 1 aromatic carbocycles. The highest BCUT2D eigenvalue weighted by atomic mass is 16.5. The molecule has 0 spiro atoms. The second kappa shape index (κ2) is 10.6. The summed E-state index contributed by atoms with van der Waals surface area (Å²) in [5.41, 5.74) is 2.33. The molecule has 9 nitrogen and oxygen atoms in total. The Labute approximate surface area is 188 Å². The van der Waals surface area contributed by atoms with Crippen LogP contribution in [0.5, 0.6) is 0 Å². The van der Waals surface area contributed by atoms with Gasteiger partial charge in [-0.05, 0) is 24.5 Å². The Balaban J connectivity index is 1.36. The molecule has 1 atom stereocenters. The Morgan fingerprint density at radius 1 is 1.25 bits per heavy atom. The van der Waals surface area contributed by atoms with Crippen molar-refractivity contribution in [1.29, 1.82) is 0 Å². The Morgan fingerprint density at radius 3 is 2.84 bits per heavy atom. The lowest BCUT2D eigenvalue weighted by molar-refractivity contribution is 0.0924. The van der Waals surface area contributed by atoms with Gasteiger partial charge in [-0.25, -0.2) is 0 Å². The van der Waals surface area contributed by atoms with Crippen molar-refractivity contribution in [1.82, 2.24) is 30.4 Å². The lowest BCUT2D eigenvalue weighted by Crippen LogP contribution is -2.47. The first-order chi connectivity index (χ1) is 15.7. The predicted molar refractivity (Wildman–Crippen MR) is 125 cm³/mol. The van der Waals surface area contributed by atoms with Gasteiger partial charge in [0.2, 0.25) is 11.8 Å². The van der Waals surface area contributed by atoms with Crippen molar-refractivity contribution in [2.24, 2.45) is 0 Å². The van der Waals surface area contributed by atoms with Gasteiger partial charge in [0.05, 0.1) is 6.61 Å². The van der Waals surface area contributed by atoms with E-state index in [1.165, 1.54) is 10.9 Å². The number of amides is 1. The van der Waals surface area contributed by atoms with Crippen LogP contribution in [-0.4, -0.2) is 83.5 Å². The molecular weight excluding hydrogens is 406 g/mol. The maximum absolute atomic E-state index is 12.9. The van der Waals surface area contributed by atoms with Crippen LogP contribution in [-0.2, 0) is 11.2 Å². The number of nitrogens with zero attached hydrogens (tertiary/aromatic N) is 4. The maximum atomic E-state index is 12.9. The monoisotopic (exact) mass is 439 g/mol. The summed E-state index contributed by atoms with van der Waals surface area (Å²) in [6.45, 7) is 7.34. The van der Waals surface area contributed by atoms with Crippen LogP contribution in [0.4, 0.5) is 5.95 Å². The van der Waals surface area contributed by atoms with Gasteiger partial charge in [0.15, 0.2) is 0 Å². The van der Waals surface area contributed by atoms with E-state index in [1.54, 1.807) is 7.11 Å². The first-order valence-corrected chi connectivity index (χ1v) is 11.4. The van der Waals surface area contributed by atoms with E-state index in [0.29, 0.717) is 5.95 Å². The van der Waals surface area contributed by atoms with Crippen molar-refractivity contribution in [3.05, 3.63) is 41.9 Å². The Morgan fingerprint density at radius 2 is 2.06 bits per heavy atom. The molecule has 1 unspecified atom stereocenters. The number of H-pyrrole nitrogens is 2. The number of hydrogen-bond acceptors (Lipinski definition) is 6. The zero-order valence-electron chi connectivity index (χ0n) is 18.9. The molecule has 2 aromatic heterocycles. The molecule has 9 heteroatoms. The smallest absolute Gasteiger partial charge is 0.288 e. The van der Waals surface area contributed by atoms with Gasteiger partial charge in [-0.1, -0.05) is 31.5 Å². The van der Waals surface area contributed by atoms with Crippen LogP contribution in [0.1, 0.15) is 35.9 Å². The van der Waals surface area contributed by atoms with E-state index in [2.05, 4.69) is 54.3 Å². The van der Waals surface area contributed by atoms with E-state index in [1.807, 2.05) is 18.3 Å². The summed E-state index contributed by atoms with van der Waals surface area (Å²) in [6, 6.07) is 8.28. The van der Waals surface area contributed by atoms with E-state index in [0.717, 1.165) is 64.1 Å². The van der Waals surface area contributed by atoms with E-state index in [-0.39, 0.29) is 17.8 Å². The normalized spacial score (nSPS) is 15.9. The minimum absolute atomic E-state index is 0.0320. The summed E-state index contributed by atoms with van der Waals surface area (Å²) in [6.07, 6.45) is 4.70. The van der Waals surface area contributed by atoms with E-state index in [9.17, 15) is 4.79 Å². The number of aromatic nitrogens is 4. The second-order valence-corrected chi connectivity index (χ2v) is 8.33. The zero-order valence-corrected chi connectivity index (χ0v) is 18.9. The summed E-state index contributed by atoms with van der Waals surface area (Å²) in [4.78, 5) is 25.2. The minimum atomic E-state index is -0.208. The minimum Gasteiger partial charge on any atom is -0.383 e. The first-order valence-electron chi connectivity index (χ1n) is 11.4. The summed E-state index contributed by atoms with van der Waals surface area (Å²) >= 11 is 0. The molecule has 0 aliphatic carbocycles. The van der Waals surface area contributed by atoms with Crippen molar-refractivity contribution >= 4 is 22.8 Å². The highest BCUT2D eigenvalue weighted by Gasteiger charge is 2.23. The average Bonchev–Trinajstić information content (AvgIpc) is 3.46. The summed E-state index contributed by atoms with van der Waals surface area (Å²) in [5, 5.41) is 11.5. The number of nitrogens with one attached hydrogen (secondary N) is 3. The number of rotatable bonds is 10. The highest BCUT2D eigenvalue weighted by Crippen LogP contribution is 2.20. The average molecular weight is 440 g/mol. The molecule has 1 amide bonds. The third-order valence-corrected chi connectivity index (χ3v) is 6.07. The van der Waals surface area contributed by atoms with Crippen LogP contribution in [0.15, 0.2) is 30.5 Å². The molecule has 172 valence electrons. The Hall–Kier alpha value is -2.91. The molecule has 32 heavy (non-hydrogen) atoms. The molecule has 4 rings (SSSR count). The van der Waals surface area contributed by atoms with Gasteiger partial charge < -0.3 is 19.9 Å². The molecule has 3 aromatic rings. The lowest BCUT2D eigenvalue weighted by Gasteiger charge is -2.33. The zero-order chi connectivity index (χ0) is 22.3. The van der Waals surface area contributed by atoms with E-state index < -0.39 is 0 Å². The quantitative estimate of drug-likeness (QED) is 0.448. The number of fused-ring (bicyclic) bond motifs is 1. The fourth-order valence-electron chi connectivity index (χ4n) is 4.28. The summed E-state index contributed by atoms with van der Waals surface area (Å²) in [7, 11) is 1.72. The molecule has 0 saturated carbocycles. The predicted octanol–water partition coefficient (Wildman–Crippen LogP) is 2.20. The number of ether oxygens (including phenoxy) is 1. The van der Waals surface area contributed by atoms with Gasteiger partial charge in [0.1, 0.15) is 0 Å². The number of carbonyl (C=O) groups excluding carboxylic acids is 1. The Kier molecular flexibility index (Phi) is 7.39. The van der Waals surface area contributed by atoms with Crippen LogP contribution in [0.3, 0.4) is 0 Å². The van der Waals surface area contributed by atoms with Crippen molar-refractivity contribution in [3.63, 3.8) is 0 Å². The highest BCUT2D eigenvalue weighted by molar-refractivity contribution is 5.91. The molecule has 1 saturated heterocycles. The summed E-state index contributed by atoms with van der Waals surface area (Å²) < 4.78 is 5.16. The van der Waals surface area contributed by atoms with Crippen LogP contribution in [0.25, 0.3) is 10.9 Å². The van der Waals surface area contributed by atoms with Crippen molar-refractivity contribution in [2.75, 3.05) is 51.3 Å². The molecule has 0 bridgehead atoms. The maximum Gasteiger partial charge on any atom is 0.288 e. The molecule has 0 radical (unpaired) electrons. The fraction of sp³-hybridized carbons (Fsp3) is 0.522. The molecular formula is C23H33N7O2. The van der Waals surface area contributed by atoms with Gasteiger partial charge in [-0.3, -0.25) is 14.8 Å². The molecule has 1 aliphatic heterocycles. The number of aromatic amines is 2. The first kappa shape index (κ1) is 22.3. The second-order valence-electron chi connectivity index (χ2n) is 8.33. The number of carbonyl (C=O) groups is 1. The number of hydrogen-bond donors (Lipinski definition) is 3. The number of anilines is 1. The fourth-order valence-corrected chi connectivity index (χ4v) is 4.28. The van der Waals surface area contributed by atoms with Gasteiger partial charge in [0, 0.05) is 63.0 Å². The number of piperazine rings is 1. The van der Waals surface area contributed by atoms with Gasteiger partial charge >= 0.3 is 0 Å². The van der Waals surface area contributed by atoms with Gasteiger partial charge in [-0.15, -0.1) is 5.10 Å². The molecule has 3 N–H and O–H groups in total. The third-order valence-electron chi connectivity index (χ3n) is 6.07. The van der Waals surface area contributed by atoms with Gasteiger partial charge in [-0.2, -0.15) is 4.98 Å². The standard InChI is InChI=1S/C23H33N7O2/c1-3-6-18(15-17-16-24-20-8-5-4-7-19(17)20)25-22(31)21-26-23(28-27-21)30-11-9-29(10-12-30)13-14-32-2/h4-5,7-8,16,18,24H,3,6,9-15H2,1-2H3,(H,25,31)(H,26,27,28). The van der Waals surface area contributed by atoms with Crippen LogP contribution >= 0.6 is 0 Å². The topological polar surface area (TPSA) is 102 Å². The Bertz CT molecular complexity index is 1010. The van der Waals surface area contributed by atoms with Crippen LogP contribution in [0, 0.1) is 0 Å². The van der Waals surface area contributed by atoms with Crippen LogP contribution < -0.4 is 10.2 Å². The SMILES string of the molecule is CCCC(Cc1c[nH]c2ccccc12)NC(=O)c1nc(N2CCN(CCOC)CC2)n[nH]1. The van der Waals surface area contributed by atoms with E-state index >= 15 is 0 Å². The van der Waals surface area contributed by atoms with Crippen molar-refractivity contribution < 1.29 is 9.53 Å². The number of benzene rings is 1. The molecule has 3 heterocycles. The van der Waals surface area contributed by atoms with Crippen LogP contribution in [0.2, 0.25) is 0 Å². The number of para-hydroxylation sites is 1. The molecule has 1 fully saturated rings. The van der Waals surface area contributed by atoms with Crippen molar-refractivity contribution in [2.45, 2.75) is 32.2 Å². The van der Waals surface area contributed by atoms with Gasteiger partial charge in [0.25, 0.3) is 5.91 Å². The molecule has 1 aliphatic rings. The van der Waals surface area contributed by atoms with E-state index in [4.69, 9.17) is 4.74 Å². The lowest BCUT2D eigenvalue weighted by atomic mass is 10.0.